The number of aromatic nitrogens is 1. The van der Waals surface area contributed by atoms with E-state index in [9.17, 15) is 22.0 Å². The number of para-hydroxylation sites is 1. The van der Waals surface area contributed by atoms with Crippen LogP contribution in [-0.4, -0.2) is 55.3 Å². The van der Waals surface area contributed by atoms with Gasteiger partial charge in [0.2, 0.25) is 0 Å². The fraction of sp³-hybridized carbons (Fsp3) is 0.214. The number of hydrogen-bond donors (Lipinski definition) is 1. The van der Waals surface area contributed by atoms with Crippen molar-refractivity contribution in [1.29, 1.82) is 0 Å². The standard InChI is InChI=1S/C28H26F2N4O3S/c1-19-14-22(28(35)34-12-10-33(11-13-34)18-20-15-23(29)17-24(30)16-20)7-8-25(19)32-38(36,37)26-6-2-4-21-5-3-9-31-27(21)26/h2-9,14-17,32H,10-13,18H2,1H3. The number of halogens is 2. The smallest absolute Gasteiger partial charge is 0.264 e. The van der Waals surface area contributed by atoms with E-state index in [1.807, 2.05) is 4.90 Å². The third-order valence-electron chi connectivity index (χ3n) is 6.59. The zero-order chi connectivity index (χ0) is 26.9. The van der Waals surface area contributed by atoms with Gasteiger partial charge in [-0.25, -0.2) is 17.2 Å². The van der Waals surface area contributed by atoms with E-state index in [1.54, 1.807) is 60.5 Å². The normalized spacial score (nSPS) is 14.6. The van der Waals surface area contributed by atoms with E-state index in [1.165, 1.54) is 18.2 Å². The minimum atomic E-state index is -3.91. The van der Waals surface area contributed by atoms with Gasteiger partial charge in [0.25, 0.3) is 15.9 Å². The minimum Gasteiger partial charge on any atom is -0.336 e. The number of aryl methyl sites for hydroxylation is 1. The lowest BCUT2D eigenvalue weighted by Crippen LogP contribution is -2.48. The molecule has 1 aliphatic rings. The first-order valence-electron chi connectivity index (χ1n) is 12.1. The van der Waals surface area contributed by atoms with Crippen LogP contribution >= 0.6 is 0 Å². The van der Waals surface area contributed by atoms with Crippen LogP contribution in [0.4, 0.5) is 14.5 Å². The molecule has 196 valence electrons. The van der Waals surface area contributed by atoms with Crippen molar-refractivity contribution in [1.82, 2.24) is 14.8 Å². The largest absolute Gasteiger partial charge is 0.336 e. The summed E-state index contributed by atoms with van der Waals surface area (Å²) in [5, 5.41) is 0.719. The van der Waals surface area contributed by atoms with Gasteiger partial charge in [0, 0.05) is 55.9 Å². The second kappa shape index (κ2) is 10.5. The summed E-state index contributed by atoms with van der Waals surface area (Å²) in [6.45, 7) is 4.22. The van der Waals surface area contributed by atoms with Gasteiger partial charge in [-0.2, -0.15) is 0 Å². The first kappa shape index (κ1) is 25.7. The summed E-state index contributed by atoms with van der Waals surface area (Å²) in [5.74, 6) is -1.37. The highest BCUT2D eigenvalue weighted by molar-refractivity contribution is 7.93. The maximum atomic E-state index is 13.5. The Morgan fingerprint density at radius 3 is 2.37 bits per heavy atom. The Morgan fingerprint density at radius 1 is 0.947 bits per heavy atom. The third-order valence-corrected chi connectivity index (χ3v) is 7.99. The van der Waals surface area contributed by atoms with Crippen molar-refractivity contribution in [2.45, 2.75) is 18.4 Å². The Balaban J connectivity index is 1.25. The molecule has 0 aliphatic carbocycles. The zero-order valence-electron chi connectivity index (χ0n) is 20.7. The molecular weight excluding hydrogens is 510 g/mol. The van der Waals surface area contributed by atoms with Crippen molar-refractivity contribution in [2.75, 3.05) is 30.9 Å². The molecule has 10 heteroatoms. The van der Waals surface area contributed by atoms with Gasteiger partial charge in [0.15, 0.2) is 0 Å². The fourth-order valence-corrected chi connectivity index (χ4v) is 5.97. The highest BCUT2D eigenvalue weighted by atomic mass is 32.2. The van der Waals surface area contributed by atoms with Crippen LogP contribution in [0, 0.1) is 18.6 Å². The van der Waals surface area contributed by atoms with Gasteiger partial charge in [-0.1, -0.05) is 18.2 Å². The SMILES string of the molecule is Cc1cc(C(=O)N2CCN(Cc3cc(F)cc(F)c3)CC2)ccc1NS(=O)(=O)c1cccc2cccnc12. The Kier molecular flexibility index (Phi) is 7.09. The maximum absolute atomic E-state index is 13.5. The van der Waals surface area contributed by atoms with E-state index >= 15 is 0 Å². The Labute approximate surface area is 219 Å². The van der Waals surface area contributed by atoms with Gasteiger partial charge < -0.3 is 4.90 Å². The summed E-state index contributed by atoms with van der Waals surface area (Å²) in [7, 11) is -3.91. The second-order valence-electron chi connectivity index (χ2n) is 9.31. The molecule has 0 atom stereocenters. The molecule has 0 spiro atoms. The van der Waals surface area contributed by atoms with E-state index in [4.69, 9.17) is 0 Å². The number of sulfonamides is 1. The van der Waals surface area contributed by atoms with Crippen molar-refractivity contribution in [3.05, 3.63) is 101 Å². The summed E-state index contributed by atoms with van der Waals surface area (Å²) >= 11 is 0. The summed E-state index contributed by atoms with van der Waals surface area (Å²) in [5.41, 5.74) is 2.38. The molecule has 4 aromatic rings. The average Bonchev–Trinajstić information content (AvgIpc) is 2.89. The zero-order valence-corrected chi connectivity index (χ0v) is 21.5. The van der Waals surface area contributed by atoms with Crippen LogP contribution in [0.2, 0.25) is 0 Å². The number of fused-ring (bicyclic) bond motifs is 1. The van der Waals surface area contributed by atoms with Gasteiger partial charge >= 0.3 is 0 Å². The van der Waals surface area contributed by atoms with Crippen molar-refractivity contribution < 1.29 is 22.0 Å². The van der Waals surface area contributed by atoms with Crippen molar-refractivity contribution in [2.24, 2.45) is 0 Å². The van der Waals surface area contributed by atoms with Gasteiger partial charge in [-0.05, 0) is 60.5 Å². The molecule has 0 bridgehead atoms. The van der Waals surface area contributed by atoms with E-state index < -0.39 is 21.7 Å². The van der Waals surface area contributed by atoms with Crippen LogP contribution in [0.25, 0.3) is 10.9 Å². The number of nitrogens with one attached hydrogen (secondary N) is 1. The summed E-state index contributed by atoms with van der Waals surface area (Å²) in [6.07, 6.45) is 1.55. The molecule has 0 radical (unpaired) electrons. The molecule has 7 nitrogen and oxygen atoms in total. The van der Waals surface area contributed by atoms with Crippen LogP contribution in [0.5, 0.6) is 0 Å². The molecule has 1 aromatic heterocycles. The molecule has 1 N–H and O–H groups in total. The molecular formula is C28H26F2N4O3S. The molecule has 1 aliphatic heterocycles. The van der Waals surface area contributed by atoms with E-state index in [0.29, 0.717) is 60.6 Å². The molecule has 1 fully saturated rings. The third kappa shape index (κ3) is 5.51. The van der Waals surface area contributed by atoms with Crippen LogP contribution in [-0.2, 0) is 16.6 Å². The Hall–Kier alpha value is -3.89. The number of carbonyl (C=O) groups excluding carboxylic acids is 1. The molecule has 38 heavy (non-hydrogen) atoms. The molecule has 1 saturated heterocycles. The minimum absolute atomic E-state index is 0.0778. The monoisotopic (exact) mass is 536 g/mol. The quantitative estimate of drug-likeness (QED) is 0.390. The number of anilines is 1. The molecule has 2 heterocycles. The first-order chi connectivity index (χ1) is 18.2. The van der Waals surface area contributed by atoms with Gasteiger partial charge in [-0.3, -0.25) is 19.4 Å². The van der Waals surface area contributed by atoms with E-state index in [-0.39, 0.29) is 10.8 Å². The number of hydrogen-bond acceptors (Lipinski definition) is 5. The predicted octanol–water partition coefficient (Wildman–Crippen LogP) is 4.58. The number of nitrogens with zero attached hydrogens (tertiary/aromatic N) is 3. The van der Waals surface area contributed by atoms with Crippen LogP contribution in [0.3, 0.4) is 0 Å². The van der Waals surface area contributed by atoms with Crippen molar-refractivity contribution >= 4 is 32.5 Å². The number of benzene rings is 3. The highest BCUT2D eigenvalue weighted by Gasteiger charge is 2.24. The van der Waals surface area contributed by atoms with Crippen LogP contribution in [0.15, 0.2) is 77.8 Å². The van der Waals surface area contributed by atoms with E-state index in [0.717, 1.165) is 11.5 Å². The van der Waals surface area contributed by atoms with E-state index in [2.05, 4.69) is 9.71 Å². The summed E-state index contributed by atoms with van der Waals surface area (Å²) < 4.78 is 55.9. The molecule has 3 aromatic carbocycles. The molecule has 1 amide bonds. The van der Waals surface area contributed by atoms with Gasteiger partial charge in [0.05, 0.1) is 11.2 Å². The lowest BCUT2D eigenvalue weighted by molar-refractivity contribution is 0.0628. The van der Waals surface area contributed by atoms with Crippen LogP contribution < -0.4 is 4.72 Å². The maximum Gasteiger partial charge on any atom is 0.264 e. The molecule has 0 saturated carbocycles. The van der Waals surface area contributed by atoms with Crippen molar-refractivity contribution in [3.63, 3.8) is 0 Å². The Bertz CT molecular complexity index is 1590. The number of carbonyl (C=O) groups is 1. The second-order valence-corrected chi connectivity index (χ2v) is 11.0. The predicted molar refractivity (Wildman–Crippen MR) is 141 cm³/mol. The van der Waals surface area contributed by atoms with Crippen molar-refractivity contribution in [3.8, 4) is 0 Å². The average molecular weight is 537 g/mol. The molecule has 5 rings (SSSR count). The van der Waals surface area contributed by atoms with Gasteiger partial charge in [-0.15, -0.1) is 0 Å². The summed E-state index contributed by atoms with van der Waals surface area (Å²) in [4.78, 5) is 21.2. The number of pyridine rings is 1. The fourth-order valence-electron chi connectivity index (χ4n) is 4.66. The first-order valence-corrected chi connectivity index (χ1v) is 13.6. The highest BCUT2D eigenvalue weighted by Crippen LogP contribution is 2.26. The Morgan fingerprint density at radius 2 is 1.66 bits per heavy atom. The lowest BCUT2D eigenvalue weighted by Gasteiger charge is -2.35. The van der Waals surface area contributed by atoms with Gasteiger partial charge in [0.1, 0.15) is 16.5 Å². The number of amides is 1. The number of piperazine rings is 1. The topological polar surface area (TPSA) is 82.6 Å². The lowest BCUT2D eigenvalue weighted by atomic mass is 10.1. The van der Waals surface area contributed by atoms with Crippen LogP contribution in [0.1, 0.15) is 21.5 Å². The number of rotatable bonds is 6. The molecule has 0 unspecified atom stereocenters. The summed E-state index contributed by atoms with van der Waals surface area (Å²) in [6, 6.07) is 16.9.